The Bertz CT molecular complexity index is 1160. The van der Waals surface area contributed by atoms with Crippen molar-refractivity contribution < 1.29 is 4.39 Å². The van der Waals surface area contributed by atoms with Crippen LogP contribution in [0.4, 0.5) is 4.39 Å². The van der Waals surface area contributed by atoms with E-state index in [2.05, 4.69) is 61.3 Å². The second-order valence-corrected chi connectivity index (χ2v) is 9.28. The minimum Gasteiger partial charge on any atom is -0.330 e. The summed E-state index contributed by atoms with van der Waals surface area (Å²) in [5.74, 6) is -0.250. The van der Waals surface area contributed by atoms with E-state index in [0.717, 1.165) is 47.4 Å². The van der Waals surface area contributed by atoms with Crippen LogP contribution in [-0.4, -0.2) is 19.6 Å². The van der Waals surface area contributed by atoms with Gasteiger partial charge in [0.25, 0.3) is 0 Å². The second kappa shape index (κ2) is 18.1. The molecular formula is C34H40ClFN2. The van der Waals surface area contributed by atoms with Gasteiger partial charge in [-0.25, -0.2) is 4.39 Å². The van der Waals surface area contributed by atoms with Crippen LogP contribution in [0.15, 0.2) is 121 Å². The Balaban J connectivity index is 0.000000474. The van der Waals surface area contributed by atoms with Crippen molar-refractivity contribution in [3.05, 3.63) is 149 Å². The Hall–Kier alpha value is -3.24. The maximum absolute atomic E-state index is 13.3. The van der Waals surface area contributed by atoms with Crippen LogP contribution >= 0.6 is 11.6 Å². The normalized spacial score (nSPS) is 12.4. The molecule has 0 radical (unpaired) electrons. The van der Waals surface area contributed by atoms with E-state index < -0.39 is 0 Å². The molecule has 0 saturated carbocycles. The molecule has 0 saturated heterocycles. The molecular weight excluding hydrogens is 491 g/mol. The molecule has 2 nitrogen and oxygen atoms in total. The van der Waals surface area contributed by atoms with Gasteiger partial charge in [0.2, 0.25) is 0 Å². The van der Waals surface area contributed by atoms with Gasteiger partial charge < -0.3 is 11.1 Å². The third kappa shape index (κ3) is 11.4. The highest BCUT2D eigenvalue weighted by molar-refractivity contribution is 6.30. The molecule has 1 atom stereocenters. The van der Waals surface area contributed by atoms with Crippen LogP contribution in [0.25, 0.3) is 5.57 Å². The third-order valence-electron chi connectivity index (χ3n) is 6.12. The summed E-state index contributed by atoms with van der Waals surface area (Å²) in [6.07, 6.45) is 14.2. The van der Waals surface area contributed by atoms with Gasteiger partial charge in [-0.1, -0.05) is 110 Å². The van der Waals surface area contributed by atoms with E-state index in [0.29, 0.717) is 6.54 Å². The highest BCUT2D eigenvalue weighted by atomic mass is 35.5. The van der Waals surface area contributed by atoms with Gasteiger partial charge in [-0.2, -0.15) is 0 Å². The van der Waals surface area contributed by atoms with Crippen molar-refractivity contribution in [2.75, 3.05) is 13.6 Å². The van der Waals surface area contributed by atoms with E-state index in [1.807, 2.05) is 49.5 Å². The van der Waals surface area contributed by atoms with Crippen molar-refractivity contribution in [3.63, 3.8) is 0 Å². The SMILES string of the molecule is C=C(\C(=C/C=C\C=C\CCc1ccccc1)C(CCN)NC)c1ccc(F)cc1.CCc1ccc(Cl)cc1. The van der Waals surface area contributed by atoms with E-state index in [4.69, 9.17) is 17.3 Å². The van der Waals surface area contributed by atoms with Gasteiger partial charge in [0.1, 0.15) is 5.82 Å². The van der Waals surface area contributed by atoms with Crippen LogP contribution in [0, 0.1) is 5.82 Å². The molecule has 0 aromatic heterocycles. The number of benzene rings is 3. The van der Waals surface area contributed by atoms with Crippen LogP contribution in [0.3, 0.4) is 0 Å². The van der Waals surface area contributed by atoms with Gasteiger partial charge in [-0.05, 0) is 91.4 Å². The summed E-state index contributed by atoms with van der Waals surface area (Å²) in [6, 6.07) is 24.9. The molecule has 4 heteroatoms. The molecule has 3 aromatic carbocycles. The number of hydrogen-bond acceptors (Lipinski definition) is 2. The Kier molecular flexibility index (Phi) is 14.7. The number of halogens is 2. The molecule has 3 aromatic rings. The molecule has 3 N–H and O–H groups in total. The molecule has 0 bridgehead atoms. The molecule has 0 fully saturated rings. The molecule has 1 unspecified atom stereocenters. The highest BCUT2D eigenvalue weighted by Crippen LogP contribution is 2.25. The van der Waals surface area contributed by atoms with Crippen LogP contribution < -0.4 is 11.1 Å². The van der Waals surface area contributed by atoms with E-state index in [-0.39, 0.29) is 11.9 Å². The van der Waals surface area contributed by atoms with Crippen molar-refractivity contribution in [1.82, 2.24) is 5.32 Å². The molecule has 0 heterocycles. The minimum absolute atomic E-state index is 0.0873. The summed E-state index contributed by atoms with van der Waals surface area (Å²) < 4.78 is 13.3. The number of likely N-dealkylation sites (N-methyl/N-ethyl adjacent to an activating group) is 1. The Morgan fingerprint density at radius 3 is 2.24 bits per heavy atom. The average molecular weight is 531 g/mol. The number of rotatable bonds is 12. The van der Waals surface area contributed by atoms with Crippen molar-refractivity contribution in [3.8, 4) is 0 Å². The topological polar surface area (TPSA) is 38.0 Å². The van der Waals surface area contributed by atoms with Crippen molar-refractivity contribution in [2.24, 2.45) is 5.73 Å². The van der Waals surface area contributed by atoms with Crippen LogP contribution in [0.2, 0.25) is 5.02 Å². The van der Waals surface area contributed by atoms with Crippen LogP contribution in [-0.2, 0) is 12.8 Å². The average Bonchev–Trinajstić information content (AvgIpc) is 2.95. The lowest BCUT2D eigenvalue weighted by Gasteiger charge is -2.21. The predicted molar refractivity (Wildman–Crippen MR) is 164 cm³/mol. The van der Waals surface area contributed by atoms with Gasteiger partial charge in [0.15, 0.2) is 0 Å². The molecule has 38 heavy (non-hydrogen) atoms. The Morgan fingerprint density at radius 1 is 0.947 bits per heavy atom. The fourth-order valence-electron chi connectivity index (χ4n) is 3.88. The monoisotopic (exact) mass is 530 g/mol. The lowest BCUT2D eigenvalue weighted by Crippen LogP contribution is -2.30. The first-order chi connectivity index (χ1) is 18.5. The first kappa shape index (κ1) is 31.0. The number of hydrogen-bond donors (Lipinski definition) is 2. The van der Waals surface area contributed by atoms with Crippen LogP contribution in [0.5, 0.6) is 0 Å². The number of nitrogens with one attached hydrogen (secondary N) is 1. The third-order valence-corrected chi connectivity index (χ3v) is 6.37. The summed E-state index contributed by atoms with van der Waals surface area (Å²) in [5, 5.41) is 4.12. The van der Waals surface area contributed by atoms with Gasteiger partial charge in [0, 0.05) is 11.1 Å². The van der Waals surface area contributed by atoms with E-state index in [9.17, 15) is 4.39 Å². The number of aryl methyl sites for hydroxylation is 2. The first-order valence-corrected chi connectivity index (χ1v) is 13.5. The van der Waals surface area contributed by atoms with Gasteiger partial charge in [0.05, 0.1) is 0 Å². The predicted octanol–water partition coefficient (Wildman–Crippen LogP) is 8.35. The molecule has 0 amide bonds. The maximum atomic E-state index is 13.3. The number of nitrogens with two attached hydrogens (primary N) is 1. The first-order valence-electron chi connectivity index (χ1n) is 13.1. The van der Waals surface area contributed by atoms with Crippen molar-refractivity contribution in [1.29, 1.82) is 0 Å². The summed E-state index contributed by atoms with van der Waals surface area (Å²) in [7, 11) is 1.92. The minimum atomic E-state index is -0.250. The number of allylic oxidation sites excluding steroid dienone is 5. The summed E-state index contributed by atoms with van der Waals surface area (Å²) in [4.78, 5) is 0. The Morgan fingerprint density at radius 2 is 1.63 bits per heavy atom. The summed E-state index contributed by atoms with van der Waals surface area (Å²) >= 11 is 5.67. The summed E-state index contributed by atoms with van der Waals surface area (Å²) in [6.45, 7) is 6.94. The zero-order valence-corrected chi connectivity index (χ0v) is 23.3. The highest BCUT2D eigenvalue weighted by Gasteiger charge is 2.15. The largest absolute Gasteiger partial charge is 0.330 e. The smallest absolute Gasteiger partial charge is 0.123 e. The standard InChI is InChI=1S/C26H31FN2.C8H9Cl/c1-21(23-15-17-24(27)18-16-23)25(26(29-2)19-20-28)14-10-5-3-4-7-11-22-12-8-6-9-13-22;1-2-7-3-5-8(9)6-4-7/h3-6,8-10,12-18,26,29H,1,7,11,19-20,28H2,2H3;3-6H,2H2,1H3/b4-3+,10-5-,25-14+;. The Labute approximate surface area is 233 Å². The maximum Gasteiger partial charge on any atom is 0.123 e. The zero-order chi connectivity index (χ0) is 27.6. The van der Waals surface area contributed by atoms with Gasteiger partial charge in [-0.15, -0.1) is 0 Å². The van der Waals surface area contributed by atoms with E-state index >= 15 is 0 Å². The molecule has 200 valence electrons. The van der Waals surface area contributed by atoms with E-state index in [1.165, 1.54) is 23.3 Å². The zero-order valence-electron chi connectivity index (χ0n) is 22.5. The van der Waals surface area contributed by atoms with Crippen molar-refractivity contribution >= 4 is 17.2 Å². The molecule has 0 aliphatic carbocycles. The fraction of sp³-hybridized carbons (Fsp3) is 0.235. The molecule has 3 rings (SSSR count). The van der Waals surface area contributed by atoms with Gasteiger partial charge >= 0.3 is 0 Å². The molecule has 0 aliphatic heterocycles. The van der Waals surface area contributed by atoms with Crippen molar-refractivity contribution in [2.45, 2.75) is 38.6 Å². The quantitative estimate of drug-likeness (QED) is 0.231. The van der Waals surface area contributed by atoms with Crippen LogP contribution in [0.1, 0.15) is 36.5 Å². The lowest BCUT2D eigenvalue weighted by atomic mass is 9.91. The second-order valence-electron chi connectivity index (χ2n) is 8.84. The molecule has 0 spiro atoms. The fourth-order valence-corrected chi connectivity index (χ4v) is 4.01. The van der Waals surface area contributed by atoms with E-state index in [1.54, 1.807) is 12.1 Å². The molecule has 0 aliphatic rings. The van der Waals surface area contributed by atoms with Gasteiger partial charge in [-0.3, -0.25) is 0 Å². The lowest BCUT2D eigenvalue weighted by molar-refractivity contribution is 0.606. The summed E-state index contributed by atoms with van der Waals surface area (Å²) in [5.41, 5.74) is 11.3.